The lowest BCUT2D eigenvalue weighted by molar-refractivity contribution is 0.878. The molecule has 0 aliphatic rings. The van der Waals surface area contributed by atoms with Crippen LogP contribution < -0.4 is 0 Å². The van der Waals surface area contributed by atoms with Crippen LogP contribution in [0.1, 0.15) is 0 Å². The summed E-state index contributed by atoms with van der Waals surface area (Å²) in [6.07, 6.45) is 1.83. The van der Waals surface area contributed by atoms with Gasteiger partial charge >= 0.3 is 0 Å². The Hall–Kier alpha value is -6.52. The summed E-state index contributed by atoms with van der Waals surface area (Å²) in [7, 11) is 0. The van der Waals surface area contributed by atoms with E-state index in [-0.39, 0.29) is 0 Å². The Morgan fingerprint density at radius 2 is 0.875 bits per heavy atom. The predicted molar refractivity (Wildman–Crippen MR) is 197 cm³/mol. The number of aromatic nitrogens is 4. The Labute approximate surface area is 278 Å². The fourth-order valence-electron chi connectivity index (χ4n) is 7.10. The van der Waals surface area contributed by atoms with Crippen LogP contribution >= 0.6 is 0 Å². The second kappa shape index (κ2) is 11.7. The molecular weight excluding hydrogens is 585 g/mol. The number of hydrogen-bond donors (Lipinski definition) is 0. The SMILES string of the molecule is c1ccc(-c2cc3c4ccccc4c4ccccc4c3c(-c3nnnc(-c4ccccc4)c3-c3ccccn3)c2-c2ccccc2)cc1. The monoisotopic (exact) mass is 612 g/mol. The zero-order valence-electron chi connectivity index (χ0n) is 26.0. The van der Waals surface area contributed by atoms with E-state index in [2.05, 4.69) is 138 Å². The van der Waals surface area contributed by atoms with E-state index in [4.69, 9.17) is 10.1 Å². The number of hydrogen-bond acceptors (Lipinski definition) is 4. The summed E-state index contributed by atoms with van der Waals surface area (Å²) in [5.41, 5.74) is 9.50. The highest BCUT2D eigenvalue weighted by molar-refractivity contribution is 6.31. The third-order valence-electron chi connectivity index (χ3n) is 9.15. The topological polar surface area (TPSA) is 51.6 Å². The maximum absolute atomic E-state index is 4.97. The first-order chi connectivity index (χ1) is 23.9. The van der Waals surface area contributed by atoms with Crippen LogP contribution in [-0.4, -0.2) is 20.4 Å². The van der Waals surface area contributed by atoms with E-state index in [9.17, 15) is 0 Å². The van der Waals surface area contributed by atoms with E-state index in [0.717, 1.165) is 72.2 Å². The summed E-state index contributed by atoms with van der Waals surface area (Å²) in [6.45, 7) is 0. The van der Waals surface area contributed by atoms with Crippen LogP contribution in [0.25, 0.3) is 88.3 Å². The Kier molecular flexibility index (Phi) is 6.76. The molecule has 0 aliphatic carbocycles. The standard InChI is InChI=1S/C44H28N4/c1-4-16-29(17-5-1)36-28-37-34-24-11-10-22-32(34)33-23-12-13-25-35(33)40(37)42(39(36)30-18-6-2-7-19-30)44-41(38-26-14-15-27-45-38)43(46-48-47-44)31-20-8-3-9-21-31/h1-28H. The quantitative estimate of drug-likeness (QED) is 0.181. The molecule has 4 nitrogen and oxygen atoms in total. The third-order valence-corrected chi connectivity index (χ3v) is 9.15. The van der Waals surface area contributed by atoms with E-state index >= 15 is 0 Å². The molecule has 2 heterocycles. The van der Waals surface area contributed by atoms with Crippen molar-refractivity contribution in [1.82, 2.24) is 20.4 Å². The summed E-state index contributed by atoms with van der Waals surface area (Å²) >= 11 is 0. The lowest BCUT2D eigenvalue weighted by atomic mass is 9.81. The van der Waals surface area contributed by atoms with Crippen molar-refractivity contribution in [2.75, 3.05) is 0 Å². The Morgan fingerprint density at radius 1 is 0.354 bits per heavy atom. The Bertz CT molecular complexity index is 2590. The average molecular weight is 613 g/mol. The molecule has 0 unspecified atom stereocenters. The molecule has 0 aliphatic heterocycles. The maximum Gasteiger partial charge on any atom is 0.108 e. The maximum atomic E-state index is 4.97. The normalized spacial score (nSPS) is 11.3. The minimum absolute atomic E-state index is 0.738. The second-order valence-electron chi connectivity index (χ2n) is 11.9. The van der Waals surface area contributed by atoms with Gasteiger partial charge in [0.2, 0.25) is 0 Å². The molecule has 9 rings (SSSR count). The largest absolute Gasteiger partial charge is 0.256 e. The van der Waals surface area contributed by atoms with Gasteiger partial charge in [0, 0.05) is 22.7 Å². The lowest BCUT2D eigenvalue weighted by Gasteiger charge is -2.23. The molecule has 7 aromatic carbocycles. The first kappa shape index (κ1) is 27.8. The number of rotatable bonds is 5. The summed E-state index contributed by atoms with van der Waals surface area (Å²) < 4.78 is 0. The number of fused-ring (bicyclic) bond motifs is 6. The van der Waals surface area contributed by atoms with Crippen LogP contribution in [0, 0.1) is 0 Å². The minimum Gasteiger partial charge on any atom is -0.256 e. The van der Waals surface area contributed by atoms with Crippen LogP contribution in [0.15, 0.2) is 170 Å². The Morgan fingerprint density at radius 3 is 1.52 bits per heavy atom. The van der Waals surface area contributed by atoms with Crippen molar-refractivity contribution in [3.63, 3.8) is 0 Å². The molecule has 48 heavy (non-hydrogen) atoms. The van der Waals surface area contributed by atoms with Crippen molar-refractivity contribution in [3.05, 3.63) is 170 Å². The molecule has 0 bridgehead atoms. The smallest absolute Gasteiger partial charge is 0.108 e. The molecule has 0 saturated heterocycles. The molecule has 0 spiro atoms. The molecule has 0 fully saturated rings. The molecule has 224 valence electrons. The predicted octanol–water partition coefficient (Wildman–Crippen LogP) is 11.1. The van der Waals surface area contributed by atoms with Crippen molar-refractivity contribution in [2.24, 2.45) is 0 Å². The van der Waals surface area contributed by atoms with E-state index in [1.54, 1.807) is 0 Å². The van der Waals surface area contributed by atoms with Gasteiger partial charge in [-0.1, -0.05) is 146 Å². The minimum atomic E-state index is 0.738. The van der Waals surface area contributed by atoms with Crippen molar-refractivity contribution >= 4 is 32.3 Å². The van der Waals surface area contributed by atoms with Crippen LogP contribution in [0.2, 0.25) is 0 Å². The zero-order valence-corrected chi connectivity index (χ0v) is 26.0. The van der Waals surface area contributed by atoms with Crippen molar-refractivity contribution in [1.29, 1.82) is 0 Å². The molecule has 2 aromatic heterocycles. The first-order valence-corrected chi connectivity index (χ1v) is 16.1. The fraction of sp³-hybridized carbons (Fsp3) is 0. The van der Waals surface area contributed by atoms with Crippen molar-refractivity contribution < 1.29 is 0 Å². The molecule has 9 aromatic rings. The van der Waals surface area contributed by atoms with Crippen LogP contribution in [0.4, 0.5) is 0 Å². The van der Waals surface area contributed by atoms with E-state index < -0.39 is 0 Å². The van der Waals surface area contributed by atoms with Gasteiger partial charge in [-0.25, -0.2) is 0 Å². The van der Waals surface area contributed by atoms with Crippen LogP contribution in [0.3, 0.4) is 0 Å². The number of nitrogens with zero attached hydrogens (tertiary/aromatic N) is 4. The van der Waals surface area contributed by atoms with Crippen molar-refractivity contribution in [3.8, 4) is 56.0 Å². The molecule has 0 atom stereocenters. The third kappa shape index (κ3) is 4.54. The van der Waals surface area contributed by atoms with Gasteiger partial charge in [-0.15, -0.1) is 10.2 Å². The number of benzene rings is 7. The molecule has 0 N–H and O–H groups in total. The highest BCUT2D eigenvalue weighted by Gasteiger charge is 2.27. The summed E-state index contributed by atoms with van der Waals surface area (Å²) in [5.74, 6) is 0. The van der Waals surface area contributed by atoms with E-state index in [0.29, 0.717) is 0 Å². The van der Waals surface area contributed by atoms with Gasteiger partial charge in [-0.05, 0) is 72.6 Å². The highest BCUT2D eigenvalue weighted by Crippen LogP contribution is 2.51. The van der Waals surface area contributed by atoms with Gasteiger partial charge in [0.25, 0.3) is 0 Å². The summed E-state index contributed by atoms with van der Waals surface area (Å²) in [4.78, 5) is 4.89. The Balaban J connectivity index is 1.58. The van der Waals surface area contributed by atoms with Gasteiger partial charge in [-0.2, -0.15) is 0 Å². The molecule has 0 radical (unpaired) electrons. The number of pyridine rings is 1. The summed E-state index contributed by atoms with van der Waals surface area (Å²) in [5, 5.41) is 21.2. The summed E-state index contributed by atoms with van der Waals surface area (Å²) in [6, 6.07) is 57.3. The lowest BCUT2D eigenvalue weighted by Crippen LogP contribution is -2.04. The van der Waals surface area contributed by atoms with Gasteiger partial charge in [0.15, 0.2) is 0 Å². The fourth-order valence-corrected chi connectivity index (χ4v) is 7.10. The molecular formula is C44H28N4. The average Bonchev–Trinajstić information content (AvgIpc) is 3.18. The molecule has 4 heteroatoms. The van der Waals surface area contributed by atoms with E-state index in [1.807, 2.05) is 42.6 Å². The van der Waals surface area contributed by atoms with Gasteiger partial charge in [0.1, 0.15) is 11.4 Å². The second-order valence-corrected chi connectivity index (χ2v) is 11.9. The van der Waals surface area contributed by atoms with Crippen LogP contribution in [0.5, 0.6) is 0 Å². The zero-order chi connectivity index (χ0) is 31.9. The van der Waals surface area contributed by atoms with E-state index in [1.165, 1.54) is 16.2 Å². The van der Waals surface area contributed by atoms with Crippen molar-refractivity contribution in [2.45, 2.75) is 0 Å². The highest BCUT2D eigenvalue weighted by atomic mass is 15.3. The van der Waals surface area contributed by atoms with Gasteiger partial charge < -0.3 is 0 Å². The van der Waals surface area contributed by atoms with Gasteiger partial charge in [0.05, 0.1) is 11.3 Å². The first-order valence-electron chi connectivity index (χ1n) is 16.1. The molecule has 0 saturated carbocycles. The van der Waals surface area contributed by atoms with Gasteiger partial charge in [-0.3, -0.25) is 4.98 Å². The molecule has 0 amide bonds. The van der Waals surface area contributed by atoms with Crippen LogP contribution in [-0.2, 0) is 0 Å².